The van der Waals surface area contributed by atoms with Crippen molar-refractivity contribution in [1.29, 1.82) is 0 Å². The number of nitrogens with two attached hydrogens (primary N) is 1. The molecule has 0 saturated heterocycles. The van der Waals surface area contributed by atoms with Crippen LogP contribution in [0.5, 0.6) is 0 Å². The third-order valence-corrected chi connectivity index (χ3v) is 3.37. The molecule has 1 aromatic heterocycles. The number of rotatable bonds is 5. The van der Waals surface area contributed by atoms with Crippen LogP contribution in [0.15, 0.2) is 18.5 Å². The molecule has 1 aromatic rings. The van der Waals surface area contributed by atoms with Crippen LogP contribution < -0.4 is 5.73 Å². The molecular weight excluding hydrogens is 248 g/mol. The van der Waals surface area contributed by atoms with E-state index >= 15 is 0 Å². The second kappa shape index (κ2) is 6.73. The van der Waals surface area contributed by atoms with Crippen molar-refractivity contribution in [3.8, 4) is 0 Å². The van der Waals surface area contributed by atoms with Gasteiger partial charge in [-0.3, -0.25) is 9.78 Å². The first kappa shape index (κ1) is 13.3. The quantitative estimate of drug-likeness (QED) is 0.812. The number of hydrogen-bond donors (Lipinski definition) is 1. The van der Waals surface area contributed by atoms with Crippen LogP contribution in [0.2, 0.25) is 5.02 Å². The summed E-state index contributed by atoms with van der Waals surface area (Å²) in [6, 6.07) is 1.26. The molecule has 4 nitrogen and oxygen atoms in total. The average molecular weight is 261 g/mol. The number of halogens is 1. The van der Waals surface area contributed by atoms with Crippen LogP contribution >= 0.6 is 23.4 Å². The smallest absolute Gasteiger partial charge is 0.323 e. The van der Waals surface area contributed by atoms with Gasteiger partial charge in [0.05, 0.1) is 12.1 Å². The molecule has 0 saturated carbocycles. The summed E-state index contributed by atoms with van der Waals surface area (Å²) in [6.45, 7) is 0. The highest BCUT2D eigenvalue weighted by Crippen LogP contribution is 2.19. The van der Waals surface area contributed by atoms with E-state index < -0.39 is 12.0 Å². The maximum Gasteiger partial charge on any atom is 0.323 e. The van der Waals surface area contributed by atoms with E-state index in [-0.39, 0.29) is 0 Å². The number of aromatic nitrogens is 1. The summed E-state index contributed by atoms with van der Waals surface area (Å²) in [5, 5.41) is 0.627. The molecule has 6 heteroatoms. The number of carbonyl (C=O) groups is 1. The third-order valence-electron chi connectivity index (χ3n) is 1.92. The molecule has 0 bridgehead atoms. The van der Waals surface area contributed by atoms with Crippen LogP contribution in [0, 0.1) is 0 Å². The van der Waals surface area contributed by atoms with Crippen LogP contribution in [0.1, 0.15) is 5.56 Å². The maximum absolute atomic E-state index is 11.0. The standard InChI is InChI=1S/C10H13ClN2O2S/c1-15-10(14)9(12)6-16-5-7-2-3-13-4-8(7)11/h2-4,9H,5-6,12H2,1H3. The van der Waals surface area contributed by atoms with E-state index in [2.05, 4.69) is 9.72 Å². The largest absolute Gasteiger partial charge is 0.468 e. The summed E-state index contributed by atoms with van der Waals surface area (Å²) in [4.78, 5) is 14.9. The van der Waals surface area contributed by atoms with Gasteiger partial charge in [-0.05, 0) is 11.6 Å². The second-order valence-electron chi connectivity index (χ2n) is 3.11. The Morgan fingerprint density at radius 3 is 3.12 bits per heavy atom. The van der Waals surface area contributed by atoms with Gasteiger partial charge in [0.25, 0.3) is 0 Å². The maximum atomic E-state index is 11.0. The molecule has 1 rings (SSSR count). The summed E-state index contributed by atoms with van der Waals surface area (Å²) >= 11 is 7.46. The first-order valence-electron chi connectivity index (χ1n) is 4.64. The number of ether oxygens (including phenoxy) is 1. The van der Waals surface area contributed by atoms with E-state index in [0.29, 0.717) is 16.5 Å². The summed E-state index contributed by atoms with van der Waals surface area (Å²) in [5.41, 5.74) is 6.57. The zero-order valence-corrected chi connectivity index (χ0v) is 10.4. The molecule has 0 aliphatic rings. The van der Waals surface area contributed by atoms with E-state index in [1.54, 1.807) is 12.4 Å². The lowest BCUT2D eigenvalue weighted by molar-refractivity contribution is -0.141. The molecule has 88 valence electrons. The lowest BCUT2D eigenvalue weighted by Crippen LogP contribution is -2.33. The van der Waals surface area contributed by atoms with E-state index in [1.165, 1.54) is 18.9 Å². The number of esters is 1. The Morgan fingerprint density at radius 2 is 2.50 bits per heavy atom. The molecule has 1 atom stereocenters. The van der Waals surface area contributed by atoms with Crippen molar-refractivity contribution in [2.24, 2.45) is 5.73 Å². The van der Waals surface area contributed by atoms with Crippen molar-refractivity contribution in [2.75, 3.05) is 12.9 Å². The van der Waals surface area contributed by atoms with Gasteiger partial charge in [0, 0.05) is 23.9 Å². The normalized spacial score (nSPS) is 12.2. The minimum Gasteiger partial charge on any atom is -0.468 e. The first-order valence-corrected chi connectivity index (χ1v) is 6.18. The second-order valence-corrected chi connectivity index (χ2v) is 4.55. The number of nitrogens with zero attached hydrogens (tertiary/aromatic N) is 1. The number of pyridine rings is 1. The van der Waals surface area contributed by atoms with Gasteiger partial charge in [0.2, 0.25) is 0 Å². The Morgan fingerprint density at radius 1 is 1.75 bits per heavy atom. The SMILES string of the molecule is COC(=O)C(N)CSCc1ccncc1Cl. The molecule has 0 amide bonds. The molecule has 1 unspecified atom stereocenters. The Kier molecular flexibility index (Phi) is 5.59. The number of carbonyl (C=O) groups excluding carboxylic acids is 1. The Balaban J connectivity index is 2.36. The fraction of sp³-hybridized carbons (Fsp3) is 0.400. The molecule has 0 aliphatic heterocycles. The highest BCUT2D eigenvalue weighted by Gasteiger charge is 2.13. The summed E-state index contributed by atoms with van der Waals surface area (Å²) in [6.07, 6.45) is 3.28. The van der Waals surface area contributed by atoms with Gasteiger partial charge in [-0.15, -0.1) is 0 Å². The van der Waals surface area contributed by atoms with Gasteiger partial charge in [-0.2, -0.15) is 11.8 Å². The first-order chi connectivity index (χ1) is 7.65. The number of hydrogen-bond acceptors (Lipinski definition) is 5. The summed E-state index contributed by atoms with van der Waals surface area (Å²) in [5.74, 6) is 0.811. The molecule has 0 aromatic carbocycles. The van der Waals surface area contributed by atoms with Gasteiger partial charge in [-0.25, -0.2) is 0 Å². The van der Waals surface area contributed by atoms with Crippen molar-refractivity contribution >= 4 is 29.3 Å². The zero-order valence-electron chi connectivity index (χ0n) is 8.85. The highest BCUT2D eigenvalue weighted by atomic mass is 35.5. The van der Waals surface area contributed by atoms with Gasteiger partial charge < -0.3 is 10.5 Å². The van der Waals surface area contributed by atoms with E-state index in [1.807, 2.05) is 6.07 Å². The lowest BCUT2D eigenvalue weighted by Gasteiger charge is -2.08. The van der Waals surface area contributed by atoms with E-state index in [9.17, 15) is 4.79 Å². The molecule has 0 spiro atoms. The van der Waals surface area contributed by atoms with Crippen molar-refractivity contribution in [2.45, 2.75) is 11.8 Å². The molecule has 16 heavy (non-hydrogen) atoms. The van der Waals surface area contributed by atoms with Crippen LogP contribution in [-0.2, 0) is 15.3 Å². The molecule has 0 aliphatic carbocycles. The van der Waals surface area contributed by atoms with E-state index in [4.69, 9.17) is 17.3 Å². The Labute approximate surface area is 104 Å². The van der Waals surface area contributed by atoms with Gasteiger partial charge in [-0.1, -0.05) is 11.6 Å². The summed E-state index contributed by atoms with van der Waals surface area (Å²) in [7, 11) is 1.33. The molecule has 0 radical (unpaired) electrons. The third kappa shape index (κ3) is 4.00. The number of methoxy groups -OCH3 is 1. The topological polar surface area (TPSA) is 65.2 Å². The summed E-state index contributed by atoms with van der Waals surface area (Å²) < 4.78 is 4.53. The minimum atomic E-state index is -0.587. The minimum absolute atomic E-state index is 0.395. The highest BCUT2D eigenvalue weighted by molar-refractivity contribution is 7.98. The monoisotopic (exact) mass is 260 g/mol. The van der Waals surface area contributed by atoms with Crippen molar-refractivity contribution in [1.82, 2.24) is 4.98 Å². The molecule has 0 fully saturated rings. The van der Waals surface area contributed by atoms with Crippen LogP contribution in [0.3, 0.4) is 0 Å². The van der Waals surface area contributed by atoms with Gasteiger partial charge in [0.15, 0.2) is 0 Å². The van der Waals surface area contributed by atoms with Crippen molar-refractivity contribution < 1.29 is 9.53 Å². The molecule has 2 N–H and O–H groups in total. The fourth-order valence-electron chi connectivity index (χ4n) is 1.04. The zero-order chi connectivity index (χ0) is 12.0. The van der Waals surface area contributed by atoms with Crippen LogP contribution in [-0.4, -0.2) is 29.9 Å². The van der Waals surface area contributed by atoms with Gasteiger partial charge in [0.1, 0.15) is 6.04 Å². The Bertz CT molecular complexity index is 362. The van der Waals surface area contributed by atoms with Gasteiger partial charge >= 0.3 is 5.97 Å². The van der Waals surface area contributed by atoms with Crippen molar-refractivity contribution in [3.05, 3.63) is 29.0 Å². The fourth-order valence-corrected chi connectivity index (χ4v) is 2.28. The van der Waals surface area contributed by atoms with Crippen LogP contribution in [0.25, 0.3) is 0 Å². The van der Waals surface area contributed by atoms with E-state index in [0.717, 1.165) is 5.56 Å². The predicted molar refractivity (Wildman–Crippen MR) is 65.4 cm³/mol. The molecule has 1 heterocycles. The number of thioether (sulfide) groups is 1. The Hall–Kier alpha value is -0.780. The predicted octanol–water partition coefficient (Wildman–Crippen LogP) is 1.47. The molecular formula is C10H13ClN2O2S. The lowest BCUT2D eigenvalue weighted by atomic mass is 10.3. The van der Waals surface area contributed by atoms with Crippen molar-refractivity contribution in [3.63, 3.8) is 0 Å². The van der Waals surface area contributed by atoms with Crippen LogP contribution in [0.4, 0.5) is 0 Å². The average Bonchev–Trinajstić information content (AvgIpc) is 2.30.